The van der Waals surface area contributed by atoms with E-state index in [1.807, 2.05) is 0 Å². The molecule has 0 radical (unpaired) electrons. The van der Waals surface area contributed by atoms with E-state index in [1.165, 1.54) is 6.20 Å². The number of aryl methyl sites for hydroxylation is 1. The van der Waals surface area contributed by atoms with Gasteiger partial charge >= 0.3 is 6.18 Å². The van der Waals surface area contributed by atoms with Gasteiger partial charge in [0.05, 0.1) is 34.9 Å². The van der Waals surface area contributed by atoms with Crippen molar-refractivity contribution in [2.45, 2.75) is 19.8 Å². The minimum absolute atomic E-state index is 0.333. The lowest BCUT2D eigenvalue weighted by Gasteiger charge is -2.13. The van der Waals surface area contributed by atoms with Gasteiger partial charge in [-0.25, -0.2) is 4.68 Å². The fourth-order valence-corrected chi connectivity index (χ4v) is 2.82. The van der Waals surface area contributed by atoms with Crippen LogP contribution in [-0.2, 0) is 12.8 Å². The molecule has 1 aromatic carbocycles. The van der Waals surface area contributed by atoms with Crippen LogP contribution in [0.1, 0.15) is 17.0 Å². The summed E-state index contributed by atoms with van der Waals surface area (Å²) in [4.78, 5) is 0. The summed E-state index contributed by atoms with van der Waals surface area (Å²) >= 11 is 0. The molecule has 1 aliphatic heterocycles. The number of alkyl halides is 3. The Kier molecular flexibility index (Phi) is 2.75. The molecule has 0 saturated carbocycles. The number of fused-ring (bicyclic) bond motifs is 2. The molecule has 4 rings (SSSR count). The molecule has 0 fully saturated rings. The summed E-state index contributed by atoms with van der Waals surface area (Å²) in [6.07, 6.45) is -1.36. The van der Waals surface area contributed by atoms with Crippen LogP contribution in [0.3, 0.4) is 0 Å². The SMILES string of the molecule is Cc1nn2c(c1-c1cc(C(F)(F)F)cc3[nH]ncc13)C=NNC2. The van der Waals surface area contributed by atoms with Crippen molar-refractivity contribution in [1.82, 2.24) is 25.4 Å². The van der Waals surface area contributed by atoms with Crippen LogP contribution in [0.2, 0.25) is 0 Å². The molecule has 0 aliphatic carbocycles. The lowest BCUT2D eigenvalue weighted by molar-refractivity contribution is -0.137. The third-order valence-corrected chi connectivity index (χ3v) is 3.82. The largest absolute Gasteiger partial charge is 0.416 e. The zero-order valence-corrected chi connectivity index (χ0v) is 11.9. The smallest absolute Gasteiger partial charge is 0.289 e. The van der Waals surface area contributed by atoms with Crippen LogP contribution in [0, 0.1) is 6.92 Å². The van der Waals surface area contributed by atoms with E-state index >= 15 is 0 Å². The second kappa shape index (κ2) is 4.58. The van der Waals surface area contributed by atoms with Gasteiger partial charge in [0.25, 0.3) is 0 Å². The van der Waals surface area contributed by atoms with Gasteiger partial charge in [-0.15, -0.1) is 0 Å². The Bertz CT molecular complexity index is 934. The Morgan fingerprint density at radius 1 is 1.26 bits per heavy atom. The molecule has 0 atom stereocenters. The monoisotopic (exact) mass is 320 g/mol. The van der Waals surface area contributed by atoms with Gasteiger partial charge in [0, 0.05) is 10.9 Å². The Balaban J connectivity index is 2.05. The molecule has 1 aliphatic rings. The van der Waals surface area contributed by atoms with Crippen LogP contribution >= 0.6 is 0 Å². The van der Waals surface area contributed by atoms with Crippen molar-refractivity contribution in [3.05, 3.63) is 35.3 Å². The topological polar surface area (TPSA) is 70.9 Å². The molecular weight excluding hydrogens is 309 g/mol. The van der Waals surface area contributed by atoms with E-state index in [-0.39, 0.29) is 0 Å². The lowest BCUT2D eigenvalue weighted by atomic mass is 9.97. The molecule has 2 N–H and O–H groups in total. The first kappa shape index (κ1) is 13.8. The van der Waals surface area contributed by atoms with E-state index in [2.05, 4.69) is 25.8 Å². The second-order valence-corrected chi connectivity index (χ2v) is 5.27. The first-order valence-corrected chi connectivity index (χ1v) is 6.83. The highest BCUT2D eigenvalue weighted by molar-refractivity contribution is 6.00. The first-order valence-electron chi connectivity index (χ1n) is 6.83. The number of nitrogens with zero attached hydrogens (tertiary/aromatic N) is 4. The molecule has 3 aromatic rings. The van der Waals surface area contributed by atoms with E-state index in [4.69, 9.17) is 0 Å². The van der Waals surface area contributed by atoms with E-state index in [9.17, 15) is 13.2 Å². The van der Waals surface area contributed by atoms with Crippen molar-refractivity contribution < 1.29 is 13.2 Å². The van der Waals surface area contributed by atoms with Crippen molar-refractivity contribution in [3.63, 3.8) is 0 Å². The average Bonchev–Trinajstić information content (AvgIpc) is 3.08. The van der Waals surface area contributed by atoms with Crippen LogP contribution in [0.15, 0.2) is 23.4 Å². The van der Waals surface area contributed by atoms with Gasteiger partial charge in [-0.1, -0.05) is 0 Å². The molecule has 3 heterocycles. The normalized spacial score (nSPS) is 14.1. The van der Waals surface area contributed by atoms with E-state index in [1.54, 1.807) is 17.8 Å². The van der Waals surface area contributed by atoms with Crippen molar-refractivity contribution in [3.8, 4) is 11.1 Å². The number of aromatic amines is 1. The maximum Gasteiger partial charge on any atom is 0.416 e. The average molecular weight is 320 g/mol. The molecule has 0 saturated heterocycles. The van der Waals surface area contributed by atoms with Crippen LogP contribution in [-0.4, -0.2) is 26.2 Å². The van der Waals surface area contributed by atoms with Crippen LogP contribution < -0.4 is 5.43 Å². The minimum atomic E-state index is -4.44. The molecule has 118 valence electrons. The Morgan fingerprint density at radius 2 is 2.09 bits per heavy atom. The highest BCUT2D eigenvalue weighted by Crippen LogP contribution is 2.38. The summed E-state index contributed by atoms with van der Waals surface area (Å²) < 4.78 is 41.2. The zero-order chi connectivity index (χ0) is 16.2. The van der Waals surface area contributed by atoms with Crippen LogP contribution in [0.25, 0.3) is 22.0 Å². The second-order valence-electron chi connectivity index (χ2n) is 5.27. The summed E-state index contributed by atoms with van der Waals surface area (Å²) in [5, 5.41) is 15.4. The van der Waals surface area contributed by atoms with Gasteiger partial charge in [-0.05, 0) is 24.6 Å². The Labute approximate surface area is 128 Å². The summed E-state index contributed by atoms with van der Waals surface area (Å²) in [5.41, 5.74) is 4.76. The van der Waals surface area contributed by atoms with Gasteiger partial charge in [0.1, 0.15) is 6.67 Å². The molecule has 6 nitrogen and oxygen atoms in total. The van der Waals surface area contributed by atoms with Gasteiger partial charge in [-0.2, -0.15) is 28.5 Å². The molecule has 0 amide bonds. The van der Waals surface area contributed by atoms with Crippen molar-refractivity contribution in [2.24, 2.45) is 5.10 Å². The minimum Gasteiger partial charge on any atom is -0.289 e. The first-order chi connectivity index (χ1) is 10.9. The summed E-state index contributed by atoms with van der Waals surface area (Å²) in [5.74, 6) is 0. The van der Waals surface area contributed by atoms with Gasteiger partial charge in [0.15, 0.2) is 0 Å². The molecule has 23 heavy (non-hydrogen) atoms. The Morgan fingerprint density at radius 3 is 2.87 bits per heavy atom. The number of hydrogen-bond acceptors (Lipinski definition) is 4. The number of rotatable bonds is 1. The number of halogens is 3. The summed E-state index contributed by atoms with van der Waals surface area (Å²) in [6.45, 7) is 2.14. The molecular formula is C14H11F3N6. The fraction of sp³-hybridized carbons (Fsp3) is 0.214. The summed E-state index contributed by atoms with van der Waals surface area (Å²) in [7, 11) is 0. The quantitative estimate of drug-likeness (QED) is 0.724. The van der Waals surface area contributed by atoms with E-state index < -0.39 is 11.7 Å². The highest BCUT2D eigenvalue weighted by atomic mass is 19.4. The molecule has 9 heteroatoms. The van der Waals surface area contributed by atoms with Crippen molar-refractivity contribution >= 4 is 17.1 Å². The maximum atomic E-state index is 13.2. The predicted octanol–water partition coefficient (Wildman–Crippen LogP) is 2.65. The number of nitrogens with one attached hydrogen (secondary N) is 2. The van der Waals surface area contributed by atoms with Gasteiger partial charge in [-0.3, -0.25) is 10.5 Å². The Hall–Kier alpha value is -2.84. The lowest BCUT2D eigenvalue weighted by Crippen LogP contribution is -2.21. The van der Waals surface area contributed by atoms with Gasteiger partial charge in [0.2, 0.25) is 0 Å². The van der Waals surface area contributed by atoms with E-state index in [0.717, 1.165) is 12.1 Å². The predicted molar refractivity (Wildman–Crippen MR) is 77.8 cm³/mol. The number of hydrazone groups is 1. The number of benzene rings is 1. The molecule has 2 aromatic heterocycles. The van der Waals surface area contributed by atoms with Crippen molar-refractivity contribution in [2.75, 3.05) is 0 Å². The third-order valence-electron chi connectivity index (χ3n) is 3.82. The third kappa shape index (κ3) is 2.07. The van der Waals surface area contributed by atoms with Crippen molar-refractivity contribution in [1.29, 1.82) is 0 Å². The summed E-state index contributed by atoms with van der Waals surface area (Å²) in [6, 6.07) is 2.20. The molecule has 0 bridgehead atoms. The van der Waals surface area contributed by atoms with Crippen LogP contribution in [0.4, 0.5) is 13.2 Å². The highest BCUT2D eigenvalue weighted by Gasteiger charge is 2.32. The number of H-pyrrole nitrogens is 1. The van der Waals surface area contributed by atoms with E-state index in [0.29, 0.717) is 40.1 Å². The van der Waals surface area contributed by atoms with Crippen LogP contribution in [0.5, 0.6) is 0 Å². The number of hydrogen-bond donors (Lipinski definition) is 2. The molecule has 0 unspecified atom stereocenters. The zero-order valence-electron chi connectivity index (χ0n) is 11.9. The standard InChI is InChI=1S/C14H11F3N6/c1-7-13(12-5-18-20-6-23(12)22-7)9-2-8(14(15,16)17)3-11-10(9)4-19-21-11/h2-5,20H,6H2,1H3,(H,19,21). The molecule has 0 spiro atoms. The maximum absolute atomic E-state index is 13.2. The number of aromatic nitrogens is 4. The fourth-order valence-electron chi connectivity index (χ4n) is 2.82. The van der Waals surface area contributed by atoms with Gasteiger partial charge < -0.3 is 0 Å².